The highest BCUT2D eigenvalue weighted by Gasteiger charge is 2.15. The Balaban J connectivity index is 2.49. The lowest BCUT2D eigenvalue weighted by atomic mass is 10.2. The van der Waals surface area contributed by atoms with Crippen molar-refractivity contribution in [2.75, 3.05) is 20.6 Å². The lowest BCUT2D eigenvalue weighted by molar-refractivity contribution is 0.0994. The number of guanidine groups is 1. The van der Waals surface area contributed by atoms with Gasteiger partial charge < -0.3 is 20.9 Å². The van der Waals surface area contributed by atoms with E-state index < -0.39 is 5.91 Å². The van der Waals surface area contributed by atoms with E-state index >= 15 is 0 Å². The minimum absolute atomic E-state index is 0.223. The summed E-state index contributed by atoms with van der Waals surface area (Å²) in [7, 11) is 3.98. The van der Waals surface area contributed by atoms with E-state index in [1.54, 1.807) is 0 Å². The van der Waals surface area contributed by atoms with Gasteiger partial charge >= 0.3 is 0 Å². The molecule has 1 heterocycles. The molecule has 0 bridgehead atoms. The molecule has 1 aromatic carbocycles. The molecule has 0 spiro atoms. The highest BCUT2D eigenvalue weighted by molar-refractivity contribution is 6.04. The third kappa shape index (κ3) is 2.97. The Morgan fingerprint density at radius 3 is 2.65 bits per heavy atom. The van der Waals surface area contributed by atoms with Crippen molar-refractivity contribution >= 4 is 22.8 Å². The molecular formula is C14H19N5O. The second-order valence-corrected chi connectivity index (χ2v) is 4.89. The maximum Gasteiger partial charge on any atom is 0.296 e. The number of carbonyl (C=O) groups excluding carboxylic acids is 1. The van der Waals surface area contributed by atoms with Crippen LogP contribution in [0.1, 0.15) is 10.5 Å². The standard InChI is InChI=1S/C14H19N5O/c1-18(2)7-8-19-11-6-4-3-5-10(11)9-12(19)13(20)17-14(15)16/h3-6,9H,7-8H2,1-2H3,(H4,15,16,17,20). The molecule has 0 aliphatic rings. The van der Waals surface area contributed by atoms with Crippen molar-refractivity contribution in [3.8, 4) is 0 Å². The molecule has 0 aliphatic heterocycles. The summed E-state index contributed by atoms with van der Waals surface area (Å²) in [5.41, 5.74) is 12.1. The van der Waals surface area contributed by atoms with Crippen molar-refractivity contribution in [3.63, 3.8) is 0 Å². The third-order valence-electron chi connectivity index (χ3n) is 3.03. The van der Waals surface area contributed by atoms with Crippen LogP contribution in [0.2, 0.25) is 0 Å². The summed E-state index contributed by atoms with van der Waals surface area (Å²) in [6.07, 6.45) is 0. The van der Waals surface area contributed by atoms with Crippen LogP contribution in [0.15, 0.2) is 35.3 Å². The van der Waals surface area contributed by atoms with E-state index in [9.17, 15) is 4.79 Å². The number of hydrogen-bond donors (Lipinski definition) is 2. The molecule has 0 fully saturated rings. The number of amides is 1. The smallest absolute Gasteiger partial charge is 0.296 e. The Morgan fingerprint density at radius 1 is 1.30 bits per heavy atom. The van der Waals surface area contributed by atoms with Crippen molar-refractivity contribution in [3.05, 3.63) is 36.0 Å². The SMILES string of the molecule is CN(C)CCn1c(C(=O)N=C(N)N)cc2ccccc21. The Hall–Kier alpha value is -2.34. The molecule has 20 heavy (non-hydrogen) atoms. The number of nitrogens with two attached hydrogens (primary N) is 2. The van der Waals surface area contributed by atoms with Crippen molar-refractivity contribution in [2.45, 2.75) is 6.54 Å². The Bertz CT molecular complexity index is 653. The van der Waals surface area contributed by atoms with Gasteiger partial charge in [0.25, 0.3) is 5.91 Å². The molecule has 0 atom stereocenters. The zero-order valence-electron chi connectivity index (χ0n) is 11.7. The Morgan fingerprint density at radius 2 is 2.00 bits per heavy atom. The zero-order chi connectivity index (χ0) is 14.7. The van der Waals surface area contributed by atoms with Crippen LogP contribution in [0.25, 0.3) is 10.9 Å². The number of carbonyl (C=O) groups is 1. The number of nitrogens with zero attached hydrogens (tertiary/aromatic N) is 3. The van der Waals surface area contributed by atoms with Gasteiger partial charge in [-0.3, -0.25) is 4.79 Å². The van der Waals surface area contributed by atoms with Crippen LogP contribution < -0.4 is 11.5 Å². The maximum atomic E-state index is 12.1. The zero-order valence-corrected chi connectivity index (χ0v) is 11.7. The molecular weight excluding hydrogens is 254 g/mol. The van der Waals surface area contributed by atoms with Crippen molar-refractivity contribution < 1.29 is 4.79 Å². The van der Waals surface area contributed by atoms with Gasteiger partial charge in [0.1, 0.15) is 5.69 Å². The fourth-order valence-corrected chi connectivity index (χ4v) is 2.10. The van der Waals surface area contributed by atoms with Crippen LogP contribution in [0, 0.1) is 0 Å². The van der Waals surface area contributed by atoms with E-state index in [0.717, 1.165) is 17.4 Å². The highest BCUT2D eigenvalue weighted by Crippen LogP contribution is 2.20. The number of hydrogen-bond acceptors (Lipinski definition) is 2. The average Bonchev–Trinajstić information content (AvgIpc) is 2.74. The van der Waals surface area contributed by atoms with E-state index in [1.807, 2.05) is 49.0 Å². The van der Waals surface area contributed by atoms with Gasteiger partial charge in [-0.05, 0) is 26.2 Å². The molecule has 2 aromatic rings. The first-order valence-electron chi connectivity index (χ1n) is 6.36. The molecule has 0 saturated carbocycles. The molecule has 1 aromatic heterocycles. The highest BCUT2D eigenvalue weighted by atomic mass is 16.1. The lowest BCUT2D eigenvalue weighted by Gasteiger charge is -2.13. The van der Waals surface area contributed by atoms with Gasteiger partial charge in [-0.1, -0.05) is 18.2 Å². The number of rotatable bonds is 4. The molecule has 0 radical (unpaired) electrons. The average molecular weight is 273 g/mol. The summed E-state index contributed by atoms with van der Waals surface area (Å²) in [6, 6.07) is 9.65. The maximum absolute atomic E-state index is 12.1. The number of para-hydroxylation sites is 1. The minimum atomic E-state index is -0.417. The number of fused-ring (bicyclic) bond motifs is 1. The van der Waals surface area contributed by atoms with Crippen molar-refractivity contribution in [1.82, 2.24) is 9.47 Å². The minimum Gasteiger partial charge on any atom is -0.370 e. The summed E-state index contributed by atoms with van der Waals surface area (Å²) in [5, 5.41) is 1.00. The van der Waals surface area contributed by atoms with Crippen LogP contribution in [0.3, 0.4) is 0 Å². The lowest BCUT2D eigenvalue weighted by Crippen LogP contribution is -2.25. The summed E-state index contributed by atoms with van der Waals surface area (Å²) in [4.78, 5) is 17.8. The summed E-state index contributed by atoms with van der Waals surface area (Å²) in [5.74, 6) is -0.639. The Labute approximate surface area is 117 Å². The third-order valence-corrected chi connectivity index (χ3v) is 3.03. The number of aromatic nitrogens is 1. The predicted octanol–water partition coefficient (Wildman–Crippen LogP) is 0.617. The number of benzene rings is 1. The van der Waals surface area contributed by atoms with Crippen molar-refractivity contribution in [1.29, 1.82) is 0 Å². The second kappa shape index (κ2) is 5.75. The van der Waals surface area contributed by atoms with E-state index in [2.05, 4.69) is 9.89 Å². The molecule has 6 heteroatoms. The second-order valence-electron chi connectivity index (χ2n) is 4.89. The van der Waals surface area contributed by atoms with Gasteiger partial charge in [0.15, 0.2) is 5.96 Å². The van der Waals surface area contributed by atoms with Crippen LogP contribution in [0.4, 0.5) is 0 Å². The monoisotopic (exact) mass is 273 g/mol. The normalized spacial score (nSPS) is 10.9. The largest absolute Gasteiger partial charge is 0.370 e. The fraction of sp³-hybridized carbons (Fsp3) is 0.286. The van der Waals surface area contributed by atoms with E-state index in [0.29, 0.717) is 12.2 Å². The molecule has 6 nitrogen and oxygen atoms in total. The molecule has 2 rings (SSSR count). The summed E-state index contributed by atoms with van der Waals surface area (Å²) in [6.45, 7) is 1.52. The Kier molecular flexibility index (Phi) is 4.05. The first-order chi connectivity index (χ1) is 9.49. The van der Waals surface area contributed by atoms with Gasteiger partial charge in [-0.2, -0.15) is 4.99 Å². The van der Waals surface area contributed by atoms with Gasteiger partial charge in [-0.15, -0.1) is 0 Å². The van der Waals surface area contributed by atoms with Gasteiger partial charge in [-0.25, -0.2) is 0 Å². The van der Waals surface area contributed by atoms with Gasteiger partial charge in [0.05, 0.1) is 0 Å². The van der Waals surface area contributed by atoms with E-state index in [4.69, 9.17) is 11.5 Å². The van der Waals surface area contributed by atoms with Crippen molar-refractivity contribution in [2.24, 2.45) is 16.5 Å². The van der Waals surface area contributed by atoms with Crippen LogP contribution >= 0.6 is 0 Å². The van der Waals surface area contributed by atoms with Gasteiger partial charge in [0.2, 0.25) is 0 Å². The quantitative estimate of drug-likeness (QED) is 0.631. The molecule has 0 unspecified atom stereocenters. The van der Waals surface area contributed by atoms with Crippen LogP contribution in [-0.2, 0) is 6.54 Å². The van der Waals surface area contributed by atoms with Gasteiger partial charge in [0, 0.05) is 24.0 Å². The summed E-state index contributed by atoms with van der Waals surface area (Å²) < 4.78 is 1.95. The fourth-order valence-electron chi connectivity index (χ4n) is 2.10. The molecule has 4 N–H and O–H groups in total. The first kappa shape index (κ1) is 14.1. The predicted molar refractivity (Wildman–Crippen MR) is 80.6 cm³/mol. The molecule has 106 valence electrons. The number of aliphatic imine (C=N–C) groups is 1. The van der Waals surface area contributed by atoms with E-state index in [-0.39, 0.29) is 5.96 Å². The van der Waals surface area contributed by atoms with E-state index in [1.165, 1.54) is 0 Å². The molecule has 0 aliphatic carbocycles. The number of likely N-dealkylation sites (N-methyl/N-ethyl adjacent to an activating group) is 1. The molecule has 0 saturated heterocycles. The van der Waals surface area contributed by atoms with Crippen LogP contribution in [0.5, 0.6) is 0 Å². The topological polar surface area (TPSA) is 89.6 Å². The van der Waals surface area contributed by atoms with Crippen LogP contribution in [-0.4, -0.2) is 42.0 Å². The molecule has 1 amide bonds. The summed E-state index contributed by atoms with van der Waals surface area (Å²) >= 11 is 0. The first-order valence-corrected chi connectivity index (χ1v) is 6.36.